The summed E-state index contributed by atoms with van der Waals surface area (Å²) < 4.78 is 33.8. The Bertz CT molecular complexity index is 1760. The summed E-state index contributed by atoms with van der Waals surface area (Å²) in [7, 11) is 3.36. The lowest BCUT2D eigenvalue weighted by Gasteiger charge is -2.25. The summed E-state index contributed by atoms with van der Waals surface area (Å²) in [5, 5.41) is 3.32. The van der Waals surface area contributed by atoms with Crippen molar-refractivity contribution in [3.63, 3.8) is 0 Å². The van der Waals surface area contributed by atoms with Gasteiger partial charge in [0.1, 0.15) is 23.0 Å². The smallest absolute Gasteiger partial charge is 0.289 e. The molecule has 0 saturated carbocycles. The number of carbonyl (C=O) groups excluding carboxylic acids is 2. The number of furan rings is 1. The maximum Gasteiger partial charge on any atom is 0.289 e. The van der Waals surface area contributed by atoms with Crippen LogP contribution in [0.15, 0.2) is 65.1 Å². The summed E-state index contributed by atoms with van der Waals surface area (Å²) in [5.74, 6) is -0.300. The van der Waals surface area contributed by atoms with Crippen LogP contribution in [0, 0.1) is 24.5 Å². The van der Waals surface area contributed by atoms with E-state index in [1.54, 1.807) is 41.5 Å². The number of halogens is 2. The number of likely N-dealkylation sites (tertiary alicyclic amines) is 1. The number of carbonyl (C=O) groups is 2. The van der Waals surface area contributed by atoms with Crippen molar-refractivity contribution in [2.24, 2.45) is 0 Å². The minimum atomic E-state index is -0.342. The van der Waals surface area contributed by atoms with Crippen LogP contribution >= 0.6 is 12.8 Å². The van der Waals surface area contributed by atoms with Crippen LogP contribution in [0.3, 0.4) is 0 Å². The molecule has 2 aromatic heterocycles. The lowest BCUT2D eigenvalue weighted by Crippen LogP contribution is -2.36. The van der Waals surface area contributed by atoms with Gasteiger partial charge in [-0.25, -0.2) is 13.8 Å². The van der Waals surface area contributed by atoms with Crippen LogP contribution < -0.4 is 9.62 Å². The van der Waals surface area contributed by atoms with Crippen molar-refractivity contribution in [1.82, 2.24) is 20.2 Å². The molecule has 1 aliphatic heterocycles. The first-order chi connectivity index (χ1) is 20.7. The third-order valence-corrected chi connectivity index (χ3v) is 7.13. The van der Waals surface area contributed by atoms with Crippen molar-refractivity contribution in [1.29, 1.82) is 0 Å². The van der Waals surface area contributed by atoms with Crippen LogP contribution in [0.2, 0.25) is 0 Å². The standard InChI is InChI=1S/C17H15FN2O2S.C13H14FN3O.C2H2/c1-19-17(21)15-13-8-7-12(20(2)23)9-14(13)22-16(15)10-3-5-11(18)6-4-10;14-9-4-5-10-11(8-9)16-12(15-10)13(18)17-6-2-1-3-7-17;1-2/h3-9,23H,1-2H3,(H,19,21);4-5,8H,1-3,6-7H2,(H,15,16);1-2H. The van der Waals surface area contributed by atoms with E-state index in [0.29, 0.717) is 44.7 Å². The first-order valence-electron chi connectivity index (χ1n) is 13.5. The highest BCUT2D eigenvalue weighted by atomic mass is 32.1. The predicted molar refractivity (Wildman–Crippen MR) is 168 cm³/mol. The summed E-state index contributed by atoms with van der Waals surface area (Å²) in [6.07, 6.45) is 11.3. The summed E-state index contributed by atoms with van der Waals surface area (Å²) in [5.41, 5.74) is 3.67. The van der Waals surface area contributed by atoms with Crippen molar-refractivity contribution < 1.29 is 22.8 Å². The zero-order chi connectivity index (χ0) is 31.1. The van der Waals surface area contributed by atoms with E-state index in [2.05, 4.69) is 40.9 Å². The maximum absolute atomic E-state index is 13.2. The number of hydrogen-bond donors (Lipinski definition) is 3. The number of amides is 2. The molecule has 0 atom stereocenters. The number of nitrogens with one attached hydrogen (secondary N) is 2. The van der Waals surface area contributed by atoms with Crippen LogP contribution in [0.5, 0.6) is 0 Å². The lowest BCUT2D eigenvalue weighted by atomic mass is 10.0. The van der Waals surface area contributed by atoms with Crippen LogP contribution in [0.25, 0.3) is 33.3 Å². The first-order valence-corrected chi connectivity index (χ1v) is 13.9. The molecule has 3 heterocycles. The van der Waals surface area contributed by atoms with Crippen molar-refractivity contribution in [2.75, 3.05) is 31.5 Å². The average Bonchev–Trinajstić information content (AvgIpc) is 3.63. The molecule has 2 N–H and O–H groups in total. The quantitative estimate of drug-likeness (QED) is 0.162. The van der Waals surface area contributed by atoms with E-state index in [1.165, 1.54) is 30.7 Å². The van der Waals surface area contributed by atoms with Gasteiger partial charge in [-0.3, -0.25) is 9.59 Å². The van der Waals surface area contributed by atoms with E-state index in [0.717, 1.165) is 31.6 Å². The van der Waals surface area contributed by atoms with Crippen LogP contribution in [-0.2, 0) is 0 Å². The third-order valence-electron chi connectivity index (χ3n) is 6.90. The highest BCUT2D eigenvalue weighted by Gasteiger charge is 2.22. The van der Waals surface area contributed by atoms with Crippen molar-refractivity contribution in [3.05, 3.63) is 83.7 Å². The molecular weight excluding hydrogens is 572 g/mol. The molecule has 0 unspecified atom stereocenters. The Kier molecular flexibility index (Phi) is 10.1. The fraction of sp³-hybridized carbons (Fsp3) is 0.219. The fourth-order valence-electron chi connectivity index (χ4n) is 4.77. The molecule has 0 bridgehead atoms. The Morgan fingerprint density at radius 2 is 1.67 bits per heavy atom. The second kappa shape index (κ2) is 13.9. The topological polar surface area (TPSA) is 94.5 Å². The number of imidazole rings is 1. The molecule has 0 radical (unpaired) electrons. The molecule has 1 saturated heterocycles. The van der Waals surface area contributed by atoms with Gasteiger partial charge in [0.15, 0.2) is 5.82 Å². The number of hydrogen-bond acceptors (Lipinski definition) is 6. The molecule has 6 rings (SSSR count). The lowest BCUT2D eigenvalue weighted by molar-refractivity contribution is 0.0713. The number of terminal acetylenes is 1. The molecule has 43 heavy (non-hydrogen) atoms. The summed E-state index contributed by atoms with van der Waals surface area (Å²) >= 11 is 4.26. The van der Waals surface area contributed by atoms with Crippen molar-refractivity contribution in [2.45, 2.75) is 19.3 Å². The number of piperidine rings is 1. The van der Waals surface area contributed by atoms with Gasteiger partial charge in [0.25, 0.3) is 11.8 Å². The number of fused-ring (bicyclic) bond motifs is 2. The molecule has 0 spiro atoms. The Morgan fingerprint density at radius 3 is 2.33 bits per heavy atom. The largest absolute Gasteiger partial charge is 0.455 e. The van der Waals surface area contributed by atoms with Crippen LogP contribution in [0.1, 0.15) is 40.2 Å². The molecule has 3 aromatic carbocycles. The molecule has 1 aliphatic rings. The number of aromatic amines is 1. The van der Waals surface area contributed by atoms with E-state index >= 15 is 0 Å². The van der Waals surface area contributed by atoms with Gasteiger partial charge in [0.2, 0.25) is 0 Å². The Balaban J connectivity index is 0.000000191. The molecular formula is C32H31F2N5O3S. The van der Waals surface area contributed by atoms with Gasteiger partial charge in [-0.05, 0) is 73.9 Å². The number of thiol groups is 1. The number of rotatable bonds is 4. The van der Waals surface area contributed by atoms with Gasteiger partial charge >= 0.3 is 0 Å². The van der Waals surface area contributed by atoms with E-state index in [1.807, 2.05) is 18.2 Å². The summed E-state index contributed by atoms with van der Waals surface area (Å²) in [6.45, 7) is 1.56. The van der Waals surface area contributed by atoms with Crippen LogP contribution in [-0.4, -0.2) is 53.9 Å². The van der Waals surface area contributed by atoms with Gasteiger partial charge in [-0.1, -0.05) is 12.8 Å². The zero-order valence-corrected chi connectivity index (χ0v) is 24.6. The maximum atomic E-state index is 13.2. The molecule has 2 amide bonds. The minimum Gasteiger partial charge on any atom is -0.455 e. The number of nitrogens with zero attached hydrogens (tertiary/aromatic N) is 3. The highest BCUT2D eigenvalue weighted by molar-refractivity contribution is 7.81. The predicted octanol–water partition coefficient (Wildman–Crippen LogP) is 6.46. The SMILES string of the molecule is C#C.CNC(=O)c1c(-c2ccc(F)cc2)oc2cc(N(C)S)ccc12.O=C(c1nc2ccc(F)cc2[nH]1)N1CCCCC1. The highest BCUT2D eigenvalue weighted by Crippen LogP contribution is 2.35. The van der Waals surface area contributed by atoms with Crippen LogP contribution in [0.4, 0.5) is 14.5 Å². The zero-order valence-electron chi connectivity index (χ0n) is 23.7. The molecule has 1 fully saturated rings. The van der Waals surface area contributed by atoms with Gasteiger partial charge in [-0.15, -0.1) is 12.8 Å². The molecule has 0 aliphatic carbocycles. The number of benzene rings is 3. The van der Waals surface area contributed by atoms with Crippen molar-refractivity contribution >= 4 is 52.3 Å². The molecule has 222 valence electrons. The molecule has 8 nitrogen and oxygen atoms in total. The molecule has 5 aromatic rings. The van der Waals surface area contributed by atoms with Gasteiger partial charge in [0.05, 0.1) is 22.3 Å². The fourth-order valence-corrected chi connectivity index (χ4v) is 4.90. The summed E-state index contributed by atoms with van der Waals surface area (Å²) in [4.78, 5) is 33.4. The van der Waals surface area contributed by atoms with E-state index < -0.39 is 0 Å². The monoisotopic (exact) mass is 603 g/mol. The third kappa shape index (κ3) is 6.98. The Hall–Kier alpha value is -4.82. The average molecular weight is 604 g/mol. The Morgan fingerprint density at radius 1 is 1.00 bits per heavy atom. The van der Waals surface area contributed by atoms with Gasteiger partial charge in [0, 0.05) is 44.2 Å². The second-order valence-electron chi connectivity index (χ2n) is 9.70. The number of anilines is 1. The normalized spacial score (nSPS) is 12.6. The first kappa shape index (κ1) is 31.1. The second-order valence-corrected chi connectivity index (χ2v) is 10.3. The minimum absolute atomic E-state index is 0.0914. The Labute approximate surface area is 253 Å². The van der Waals surface area contributed by atoms with E-state index in [4.69, 9.17) is 4.42 Å². The van der Waals surface area contributed by atoms with E-state index in [9.17, 15) is 18.4 Å². The van der Waals surface area contributed by atoms with Gasteiger partial charge in [-0.2, -0.15) is 0 Å². The number of H-pyrrole nitrogens is 1. The molecule has 11 heteroatoms. The summed E-state index contributed by atoms with van der Waals surface area (Å²) in [6, 6.07) is 15.6. The van der Waals surface area contributed by atoms with Crippen molar-refractivity contribution in [3.8, 4) is 24.2 Å². The van der Waals surface area contributed by atoms with E-state index in [-0.39, 0.29) is 23.4 Å². The van der Waals surface area contributed by atoms with Gasteiger partial charge < -0.3 is 23.9 Å². The number of aromatic nitrogens is 2.